The maximum atomic E-state index is 13.5. The molecule has 1 saturated heterocycles. The van der Waals surface area contributed by atoms with Gasteiger partial charge >= 0.3 is 0 Å². The van der Waals surface area contributed by atoms with Gasteiger partial charge in [-0.3, -0.25) is 4.79 Å². The fraction of sp³-hybridized carbons (Fsp3) is 0.318. The average Bonchev–Trinajstić information content (AvgIpc) is 3.26. The Kier molecular flexibility index (Phi) is 5.67. The molecule has 0 saturated carbocycles. The van der Waals surface area contributed by atoms with E-state index in [0.717, 1.165) is 29.8 Å². The first-order chi connectivity index (χ1) is 14.1. The number of amides is 1. The molecule has 2 N–H and O–H groups in total. The van der Waals surface area contributed by atoms with Gasteiger partial charge in [0.2, 0.25) is 5.91 Å². The van der Waals surface area contributed by atoms with Crippen molar-refractivity contribution in [3.05, 3.63) is 72.3 Å². The summed E-state index contributed by atoms with van der Waals surface area (Å²) in [7, 11) is 0. The molecule has 3 heterocycles. The van der Waals surface area contributed by atoms with Crippen molar-refractivity contribution in [3.8, 4) is 11.3 Å². The normalized spacial score (nSPS) is 16.0. The van der Waals surface area contributed by atoms with Crippen LogP contribution in [0.3, 0.4) is 0 Å². The third kappa shape index (κ3) is 4.51. The monoisotopic (exact) mass is 394 g/mol. The Balaban J connectivity index is 1.38. The number of likely N-dealkylation sites (tertiary alicyclic amines) is 1. The molecule has 3 aromatic rings. The molecular formula is C22H23FN4O2. The lowest BCUT2D eigenvalue weighted by Gasteiger charge is -2.33. The lowest BCUT2D eigenvalue weighted by atomic mass is 9.95. The summed E-state index contributed by atoms with van der Waals surface area (Å²) in [5.74, 6) is 0.569. The molecule has 0 bridgehead atoms. The van der Waals surface area contributed by atoms with Crippen LogP contribution >= 0.6 is 0 Å². The average molecular weight is 394 g/mol. The molecule has 1 aliphatic heterocycles. The second-order valence-corrected chi connectivity index (χ2v) is 7.35. The topological polar surface area (TPSA) is 85.2 Å². The van der Waals surface area contributed by atoms with E-state index in [9.17, 15) is 9.18 Å². The summed E-state index contributed by atoms with van der Waals surface area (Å²) >= 11 is 0. The zero-order valence-corrected chi connectivity index (χ0v) is 16.0. The molecule has 2 aromatic heterocycles. The van der Waals surface area contributed by atoms with E-state index >= 15 is 0 Å². The molecule has 0 aliphatic carbocycles. The zero-order chi connectivity index (χ0) is 20.2. The van der Waals surface area contributed by atoms with Gasteiger partial charge in [-0.05, 0) is 49.1 Å². The molecular weight excluding hydrogens is 371 g/mol. The van der Waals surface area contributed by atoms with E-state index in [4.69, 9.17) is 10.2 Å². The predicted molar refractivity (Wildman–Crippen MR) is 106 cm³/mol. The van der Waals surface area contributed by atoms with Crippen molar-refractivity contribution in [1.29, 1.82) is 0 Å². The molecule has 1 unspecified atom stereocenters. The molecule has 4 rings (SSSR count). The fourth-order valence-corrected chi connectivity index (χ4v) is 3.72. The molecule has 0 spiro atoms. The van der Waals surface area contributed by atoms with Gasteiger partial charge in [0.05, 0.1) is 24.3 Å². The van der Waals surface area contributed by atoms with E-state index < -0.39 is 6.04 Å². The highest BCUT2D eigenvalue weighted by molar-refractivity contribution is 5.82. The van der Waals surface area contributed by atoms with Crippen molar-refractivity contribution in [2.24, 2.45) is 5.73 Å². The number of halogens is 1. The summed E-state index contributed by atoms with van der Waals surface area (Å²) in [6.45, 7) is 1.24. The van der Waals surface area contributed by atoms with Gasteiger partial charge in [0.15, 0.2) is 0 Å². The Morgan fingerprint density at radius 1 is 1.28 bits per heavy atom. The van der Waals surface area contributed by atoms with E-state index in [1.165, 1.54) is 12.1 Å². The maximum Gasteiger partial charge on any atom is 0.239 e. The smallest absolute Gasteiger partial charge is 0.239 e. The van der Waals surface area contributed by atoms with Crippen LogP contribution in [-0.2, 0) is 11.2 Å². The minimum atomic E-state index is -0.572. The summed E-state index contributed by atoms with van der Waals surface area (Å²) in [5, 5.41) is 0. The van der Waals surface area contributed by atoms with Gasteiger partial charge in [0.1, 0.15) is 11.6 Å². The van der Waals surface area contributed by atoms with Crippen LogP contribution in [-0.4, -0.2) is 39.9 Å². The third-order valence-electron chi connectivity index (χ3n) is 5.32. The van der Waals surface area contributed by atoms with E-state index in [1.807, 2.05) is 17.0 Å². The summed E-state index contributed by atoms with van der Waals surface area (Å²) in [4.78, 5) is 23.5. The number of hydrogen-bond donors (Lipinski definition) is 1. The molecule has 0 radical (unpaired) electrons. The number of aromatic nitrogens is 2. The van der Waals surface area contributed by atoms with Crippen molar-refractivity contribution in [3.63, 3.8) is 0 Å². The summed E-state index contributed by atoms with van der Waals surface area (Å²) in [6, 6.07) is 9.41. The van der Waals surface area contributed by atoms with Gasteiger partial charge in [-0.25, -0.2) is 14.4 Å². The van der Waals surface area contributed by atoms with Gasteiger partial charge in [-0.15, -0.1) is 0 Å². The standard InChI is InChI=1S/C22H23FN4O2/c23-18-3-1-2-17(13-18)20-4-8-25-21(26-20)16-5-9-27(10-6-16)22(28)19(24)12-15-7-11-29-14-15/h1-4,7-8,11,13-14,16,19H,5-6,9-10,12,24H2. The van der Waals surface area contributed by atoms with E-state index in [1.54, 1.807) is 30.9 Å². The number of carbonyl (C=O) groups is 1. The Morgan fingerprint density at radius 3 is 2.83 bits per heavy atom. The van der Waals surface area contributed by atoms with E-state index in [2.05, 4.69) is 9.97 Å². The van der Waals surface area contributed by atoms with Gasteiger partial charge in [0, 0.05) is 30.8 Å². The first-order valence-electron chi connectivity index (χ1n) is 9.74. The van der Waals surface area contributed by atoms with Gasteiger partial charge < -0.3 is 15.1 Å². The molecule has 7 heteroatoms. The fourth-order valence-electron chi connectivity index (χ4n) is 3.72. The Morgan fingerprint density at radius 2 is 2.10 bits per heavy atom. The van der Waals surface area contributed by atoms with E-state index in [0.29, 0.717) is 25.2 Å². The quantitative estimate of drug-likeness (QED) is 0.719. The number of benzene rings is 1. The minimum Gasteiger partial charge on any atom is -0.472 e. The van der Waals surface area contributed by atoms with Gasteiger partial charge in [0.25, 0.3) is 0 Å². The van der Waals surface area contributed by atoms with E-state index in [-0.39, 0.29) is 17.6 Å². The van der Waals surface area contributed by atoms with Crippen molar-refractivity contribution < 1.29 is 13.6 Å². The summed E-state index contributed by atoms with van der Waals surface area (Å²) in [6.07, 6.45) is 6.92. The largest absolute Gasteiger partial charge is 0.472 e. The molecule has 1 atom stereocenters. The molecule has 1 amide bonds. The van der Waals surface area contributed by atoms with Crippen molar-refractivity contribution >= 4 is 5.91 Å². The highest BCUT2D eigenvalue weighted by atomic mass is 19.1. The Bertz CT molecular complexity index is 968. The number of rotatable bonds is 5. The van der Waals surface area contributed by atoms with Gasteiger partial charge in [-0.2, -0.15) is 0 Å². The van der Waals surface area contributed by atoms with Crippen molar-refractivity contribution in [2.75, 3.05) is 13.1 Å². The van der Waals surface area contributed by atoms with Crippen LogP contribution in [0.2, 0.25) is 0 Å². The molecule has 150 valence electrons. The zero-order valence-electron chi connectivity index (χ0n) is 16.0. The predicted octanol–water partition coefficient (Wildman–Crippen LogP) is 3.15. The molecule has 6 nitrogen and oxygen atoms in total. The second kappa shape index (κ2) is 8.53. The van der Waals surface area contributed by atoms with Crippen LogP contribution in [0.25, 0.3) is 11.3 Å². The lowest BCUT2D eigenvalue weighted by molar-refractivity contribution is -0.133. The Hall–Kier alpha value is -3.06. The second-order valence-electron chi connectivity index (χ2n) is 7.35. The van der Waals surface area contributed by atoms with Crippen LogP contribution in [0.4, 0.5) is 4.39 Å². The van der Waals surface area contributed by atoms with Crippen LogP contribution < -0.4 is 5.73 Å². The first-order valence-corrected chi connectivity index (χ1v) is 9.74. The summed E-state index contributed by atoms with van der Waals surface area (Å²) < 4.78 is 18.6. The number of piperidine rings is 1. The number of carbonyl (C=O) groups excluding carboxylic acids is 1. The van der Waals surface area contributed by atoms with Gasteiger partial charge in [-0.1, -0.05) is 12.1 Å². The number of furan rings is 1. The third-order valence-corrected chi connectivity index (χ3v) is 5.32. The SMILES string of the molecule is NC(Cc1ccoc1)C(=O)N1CCC(c2nccc(-c3cccc(F)c3)n2)CC1. The maximum absolute atomic E-state index is 13.5. The molecule has 29 heavy (non-hydrogen) atoms. The van der Waals surface area contributed by atoms with Crippen molar-refractivity contribution in [1.82, 2.24) is 14.9 Å². The minimum absolute atomic E-state index is 0.0425. The van der Waals surface area contributed by atoms with Crippen LogP contribution in [0.1, 0.15) is 30.1 Å². The van der Waals surface area contributed by atoms with Crippen LogP contribution in [0, 0.1) is 5.82 Å². The van der Waals surface area contributed by atoms with Crippen LogP contribution in [0.15, 0.2) is 59.5 Å². The molecule has 1 aliphatic rings. The molecule has 1 fully saturated rings. The Labute approximate surface area is 168 Å². The highest BCUT2D eigenvalue weighted by Gasteiger charge is 2.28. The lowest BCUT2D eigenvalue weighted by Crippen LogP contribution is -2.47. The molecule has 1 aromatic carbocycles. The number of nitrogens with two attached hydrogens (primary N) is 1. The highest BCUT2D eigenvalue weighted by Crippen LogP contribution is 2.27. The van der Waals surface area contributed by atoms with Crippen LogP contribution in [0.5, 0.6) is 0 Å². The van der Waals surface area contributed by atoms with Crippen molar-refractivity contribution in [2.45, 2.75) is 31.2 Å². The summed E-state index contributed by atoms with van der Waals surface area (Å²) in [5.41, 5.74) is 8.45. The first kappa shape index (κ1) is 19.3. The number of nitrogens with zero attached hydrogens (tertiary/aromatic N) is 3. The number of hydrogen-bond acceptors (Lipinski definition) is 5.